The standard InChI is InChI=1S/C14H21NO3/c1-9(2)10-6-13-14(18-5-3-4-17-13)7-11(10)12(16)8-15/h6-7,9,12,16H,3-5,8,15H2,1-2H3. The van der Waals surface area contributed by atoms with Gasteiger partial charge in [0.1, 0.15) is 0 Å². The van der Waals surface area contributed by atoms with Gasteiger partial charge in [-0.3, -0.25) is 0 Å². The van der Waals surface area contributed by atoms with E-state index in [0.717, 1.165) is 23.3 Å². The van der Waals surface area contributed by atoms with E-state index in [0.29, 0.717) is 24.9 Å². The lowest BCUT2D eigenvalue weighted by Gasteiger charge is -2.19. The third-order valence-corrected chi connectivity index (χ3v) is 3.16. The van der Waals surface area contributed by atoms with Gasteiger partial charge in [-0.15, -0.1) is 0 Å². The molecule has 100 valence electrons. The molecule has 0 saturated carbocycles. The number of hydrogen-bond acceptors (Lipinski definition) is 4. The van der Waals surface area contributed by atoms with Crippen LogP contribution in [0.3, 0.4) is 0 Å². The summed E-state index contributed by atoms with van der Waals surface area (Å²) in [4.78, 5) is 0. The van der Waals surface area contributed by atoms with Crippen LogP contribution < -0.4 is 15.2 Å². The van der Waals surface area contributed by atoms with Crippen molar-refractivity contribution >= 4 is 0 Å². The monoisotopic (exact) mass is 251 g/mol. The summed E-state index contributed by atoms with van der Waals surface area (Å²) in [5.41, 5.74) is 7.47. The van der Waals surface area contributed by atoms with Gasteiger partial charge in [0.05, 0.1) is 19.3 Å². The largest absolute Gasteiger partial charge is 0.490 e. The molecule has 0 fully saturated rings. The van der Waals surface area contributed by atoms with Crippen LogP contribution in [0, 0.1) is 0 Å². The molecule has 2 rings (SSSR count). The van der Waals surface area contributed by atoms with Gasteiger partial charge in [-0.25, -0.2) is 0 Å². The maximum atomic E-state index is 10.0. The van der Waals surface area contributed by atoms with Gasteiger partial charge in [-0.1, -0.05) is 13.8 Å². The van der Waals surface area contributed by atoms with E-state index in [1.54, 1.807) is 0 Å². The van der Waals surface area contributed by atoms with E-state index < -0.39 is 6.10 Å². The number of nitrogens with two attached hydrogens (primary N) is 1. The first-order valence-electron chi connectivity index (χ1n) is 6.45. The van der Waals surface area contributed by atoms with Gasteiger partial charge in [0, 0.05) is 13.0 Å². The van der Waals surface area contributed by atoms with Gasteiger partial charge in [-0.2, -0.15) is 0 Å². The molecule has 0 saturated heterocycles. The SMILES string of the molecule is CC(C)c1cc2c(cc1C(O)CN)OCCCO2. The Morgan fingerprint density at radius 1 is 1.17 bits per heavy atom. The lowest BCUT2D eigenvalue weighted by atomic mass is 9.93. The molecule has 1 heterocycles. The summed E-state index contributed by atoms with van der Waals surface area (Å²) in [5.74, 6) is 1.78. The van der Waals surface area contributed by atoms with Crippen molar-refractivity contribution in [2.24, 2.45) is 5.73 Å². The smallest absolute Gasteiger partial charge is 0.161 e. The Morgan fingerprint density at radius 3 is 2.22 bits per heavy atom. The molecule has 1 aliphatic heterocycles. The van der Waals surface area contributed by atoms with Crippen LogP contribution in [0.2, 0.25) is 0 Å². The molecule has 0 aromatic heterocycles. The molecule has 4 nitrogen and oxygen atoms in total. The maximum absolute atomic E-state index is 10.0. The minimum atomic E-state index is -0.653. The molecule has 1 unspecified atom stereocenters. The Bertz CT molecular complexity index is 418. The highest BCUT2D eigenvalue weighted by Gasteiger charge is 2.20. The Hall–Kier alpha value is -1.26. The third kappa shape index (κ3) is 2.60. The summed E-state index contributed by atoms with van der Waals surface area (Å²) < 4.78 is 11.3. The van der Waals surface area contributed by atoms with Gasteiger partial charge < -0.3 is 20.3 Å². The van der Waals surface area contributed by atoms with E-state index >= 15 is 0 Å². The Kier molecular flexibility index (Phi) is 4.09. The maximum Gasteiger partial charge on any atom is 0.161 e. The molecular formula is C14H21NO3. The molecule has 18 heavy (non-hydrogen) atoms. The second-order valence-electron chi connectivity index (χ2n) is 4.88. The van der Waals surface area contributed by atoms with Crippen LogP contribution in [0.15, 0.2) is 12.1 Å². The third-order valence-electron chi connectivity index (χ3n) is 3.16. The zero-order valence-corrected chi connectivity index (χ0v) is 11.0. The zero-order valence-electron chi connectivity index (χ0n) is 11.0. The number of fused-ring (bicyclic) bond motifs is 1. The molecule has 0 spiro atoms. The molecular weight excluding hydrogens is 230 g/mol. The first-order chi connectivity index (χ1) is 8.63. The van der Waals surface area contributed by atoms with Crippen LogP contribution in [0.1, 0.15) is 43.4 Å². The van der Waals surface area contributed by atoms with Gasteiger partial charge in [-0.05, 0) is 29.2 Å². The van der Waals surface area contributed by atoms with Crippen molar-refractivity contribution in [2.75, 3.05) is 19.8 Å². The van der Waals surface area contributed by atoms with E-state index in [1.807, 2.05) is 12.1 Å². The van der Waals surface area contributed by atoms with Gasteiger partial charge in [0.15, 0.2) is 11.5 Å². The predicted octanol–water partition coefficient (Wildman–Crippen LogP) is 1.96. The highest BCUT2D eigenvalue weighted by molar-refractivity contribution is 5.49. The molecule has 1 atom stereocenters. The highest BCUT2D eigenvalue weighted by atomic mass is 16.5. The quantitative estimate of drug-likeness (QED) is 0.862. The number of aliphatic hydroxyl groups is 1. The molecule has 0 bridgehead atoms. The van der Waals surface area contributed by atoms with Crippen molar-refractivity contribution in [1.29, 1.82) is 0 Å². The fourth-order valence-corrected chi connectivity index (χ4v) is 2.16. The highest BCUT2D eigenvalue weighted by Crippen LogP contribution is 2.37. The molecule has 3 N–H and O–H groups in total. The summed E-state index contributed by atoms with van der Waals surface area (Å²) in [6, 6.07) is 3.84. The minimum absolute atomic E-state index is 0.208. The van der Waals surface area contributed by atoms with Crippen molar-refractivity contribution in [3.8, 4) is 11.5 Å². The molecule has 0 radical (unpaired) electrons. The van der Waals surface area contributed by atoms with Crippen LogP contribution in [-0.2, 0) is 0 Å². The van der Waals surface area contributed by atoms with E-state index in [2.05, 4.69) is 13.8 Å². The topological polar surface area (TPSA) is 64.7 Å². The van der Waals surface area contributed by atoms with Gasteiger partial charge >= 0.3 is 0 Å². The van der Waals surface area contributed by atoms with Crippen molar-refractivity contribution in [3.05, 3.63) is 23.3 Å². The van der Waals surface area contributed by atoms with E-state index in [1.165, 1.54) is 0 Å². The van der Waals surface area contributed by atoms with Gasteiger partial charge in [0.2, 0.25) is 0 Å². The second-order valence-corrected chi connectivity index (χ2v) is 4.88. The Morgan fingerprint density at radius 2 is 1.72 bits per heavy atom. The number of aliphatic hydroxyl groups excluding tert-OH is 1. The number of benzene rings is 1. The van der Waals surface area contributed by atoms with Crippen LogP contribution in [0.25, 0.3) is 0 Å². The second kappa shape index (κ2) is 5.59. The molecule has 0 amide bonds. The van der Waals surface area contributed by atoms with Crippen LogP contribution in [-0.4, -0.2) is 24.9 Å². The fraction of sp³-hybridized carbons (Fsp3) is 0.571. The van der Waals surface area contributed by atoms with E-state index in [-0.39, 0.29) is 6.54 Å². The summed E-state index contributed by atoms with van der Waals surface area (Å²) in [7, 11) is 0. The van der Waals surface area contributed by atoms with Crippen LogP contribution >= 0.6 is 0 Å². The van der Waals surface area contributed by atoms with Gasteiger partial charge in [0.25, 0.3) is 0 Å². The number of rotatable bonds is 3. The first-order valence-corrected chi connectivity index (χ1v) is 6.45. The van der Waals surface area contributed by atoms with Crippen molar-refractivity contribution in [2.45, 2.75) is 32.3 Å². The van der Waals surface area contributed by atoms with Crippen molar-refractivity contribution in [3.63, 3.8) is 0 Å². The lowest BCUT2D eigenvalue weighted by molar-refractivity contribution is 0.184. The summed E-state index contributed by atoms with van der Waals surface area (Å²) >= 11 is 0. The molecule has 1 aromatic carbocycles. The molecule has 1 aromatic rings. The summed E-state index contributed by atoms with van der Waals surface area (Å²) in [6.45, 7) is 5.70. The van der Waals surface area contributed by atoms with E-state index in [9.17, 15) is 5.11 Å². The molecule has 4 heteroatoms. The van der Waals surface area contributed by atoms with Crippen molar-refractivity contribution in [1.82, 2.24) is 0 Å². The molecule has 1 aliphatic rings. The first kappa shape index (κ1) is 13.2. The Labute approximate surface area is 108 Å². The lowest BCUT2D eigenvalue weighted by Crippen LogP contribution is -2.14. The zero-order chi connectivity index (χ0) is 13.1. The van der Waals surface area contributed by atoms with E-state index in [4.69, 9.17) is 15.2 Å². The molecule has 0 aliphatic carbocycles. The van der Waals surface area contributed by atoms with Crippen LogP contribution in [0.4, 0.5) is 0 Å². The Balaban J connectivity index is 2.47. The normalized spacial score (nSPS) is 16.5. The fourth-order valence-electron chi connectivity index (χ4n) is 2.16. The average Bonchev–Trinajstić information content (AvgIpc) is 2.60. The summed E-state index contributed by atoms with van der Waals surface area (Å²) in [6.07, 6.45) is 0.222. The number of ether oxygens (including phenoxy) is 2. The van der Waals surface area contributed by atoms with Crippen molar-refractivity contribution < 1.29 is 14.6 Å². The predicted molar refractivity (Wildman–Crippen MR) is 70.2 cm³/mol. The number of hydrogen-bond donors (Lipinski definition) is 2. The summed E-state index contributed by atoms with van der Waals surface area (Å²) in [5, 5.41) is 10.0. The minimum Gasteiger partial charge on any atom is -0.490 e. The van der Waals surface area contributed by atoms with Crippen LogP contribution in [0.5, 0.6) is 11.5 Å². The average molecular weight is 251 g/mol.